The van der Waals surface area contributed by atoms with Crippen molar-refractivity contribution in [2.75, 3.05) is 30.4 Å². The van der Waals surface area contributed by atoms with E-state index in [1.165, 1.54) is 24.8 Å². The van der Waals surface area contributed by atoms with Crippen molar-refractivity contribution in [3.8, 4) is 0 Å². The van der Waals surface area contributed by atoms with Crippen molar-refractivity contribution in [1.29, 1.82) is 0 Å². The van der Waals surface area contributed by atoms with E-state index in [0.717, 1.165) is 11.8 Å². The molecule has 0 aliphatic carbocycles. The number of nitrogen functional groups attached to an aromatic ring is 1. The second-order valence-electron chi connectivity index (χ2n) is 4.21. The van der Waals surface area contributed by atoms with Gasteiger partial charge in [0.1, 0.15) is 5.82 Å². The Morgan fingerprint density at radius 2 is 2.10 bits per heavy atom. The minimum absolute atomic E-state index is 0.0552. The van der Waals surface area contributed by atoms with Gasteiger partial charge < -0.3 is 10.8 Å². The number of aliphatic hydroxyl groups excluding tert-OH is 1. The molecule has 4 N–H and O–H groups in total. The molecule has 0 saturated heterocycles. The van der Waals surface area contributed by atoms with Gasteiger partial charge in [0.2, 0.25) is 10.0 Å². The van der Waals surface area contributed by atoms with Gasteiger partial charge in [-0.2, -0.15) is 11.8 Å². The van der Waals surface area contributed by atoms with Gasteiger partial charge >= 0.3 is 0 Å². The molecule has 0 amide bonds. The third-order valence-electron chi connectivity index (χ3n) is 2.59. The number of rotatable bonds is 8. The standard InChI is InChI=1S/C12H19FN2O3S2/c1-9-11(13)7-10(14)8-12(9)20(17,18)15-3-6-19-5-2-4-16/h7-8,15-16H,2-6,14H2,1H3. The van der Waals surface area contributed by atoms with Gasteiger partial charge in [-0.25, -0.2) is 17.5 Å². The summed E-state index contributed by atoms with van der Waals surface area (Å²) in [4.78, 5) is -0.129. The molecule has 0 aliphatic heterocycles. The fourth-order valence-electron chi connectivity index (χ4n) is 1.55. The number of hydrogen-bond donors (Lipinski definition) is 3. The summed E-state index contributed by atoms with van der Waals surface area (Å²) in [7, 11) is -3.76. The van der Waals surface area contributed by atoms with Gasteiger partial charge in [0.05, 0.1) is 4.90 Å². The number of benzene rings is 1. The Kier molecular flexibility index (Phi) is 6.74. The predicted molar refractivity (Wildman–Crippen MR) is 79.8 cm³/mol. The molecule has 0 heterocycles. The zero-order valence-electron chi connectivity index (χ0n) is 11.2. The molecule has 20 heavy (non-hydrogen) atoms. The maximum absolute atomic E-state index is 13.5. The quantitative estimate of drug-likeness (QED) is 0.492. The average molecular weight is 322 g/mol. The molecule has 5 nitrogen and oxygen atoms in total. The van der Waals surface area contributed by atoms with Crippen molar-refractivity contribution in [3.05, 3.63) is 23.5 Å². The molecule has 1 aromatic carbocycles. The average Bonchev–Trinajstić information content (AvgIpc) is 2.37. The fraction of sp³-hybridized carbons (Fsp3) is 0.500. The molecular formula is C12H19FN2O3S2. The zero-order chi connectivity index (χ0) is 15.2. The molecule has 8 heteroatoms. The molecule has 0 fully saturated rings. The van der Waals surface area contributed by atoms with Crippen LogP contribution in [0.15, 0.2) is 17.0 Å². The largest absolute Gasteiger partial charge is 0.399 e. The summed E-state index contributed by atoms with van der Waals surface area (Å²) in [6.07, 6.45) is 0.678. The van der Waals surface area contributed by atoms with Crippen LogP contribution in [-0.4, -0.2) is 38.2 Å². The van der Waals surface area contributed by atoms with Crippen LogP contribution >= 0.6 is 11.8 Å². The highest BCUT2D eigenvalue weighted by molar-refractivity contribution is 7.99. The number of thioether (sulfide) groups is 1. The normalized spacial score (nSPS) is 11.8. The molecule has 0 radical (unpaired) electrons. The topological polar surface area (TPSA) is 92.4 Å². The van der Waals surface area contributed by atoms with E-state index in [4.69, 9.17) is 10.8 Å². The van der Waals surface area contributed by atoms with Gasteiger partial charge in [0, 0.05) is 30.2 Å². The maximum Gasteiger partial charge on any atom is 0.241 e. The number of halogens is 1. The van der Waals surface area contributed by atoms with E-state index in [1.54, 1.807) is 0 Å². The van der Waals surface area contributed by atoms with E-state index in [-0.39, 0.29) is 29.3 Å². The van der Waals surface area contributed by atoms with Crippen LogP contribution in [-0.2, 0) is 10.0 Å². The molecule has 0 unspecified atom stereocenters. The summed E-state index contributed by atoms with van der Waals surface area (Å²) in [6.45, 7) is 1.77. The summed E-state index contributed by atoms with van der Waals surface area (Å²) in [5.74, 6) is 0.718. The van der Waals surface area contributed by atoms with Crippen molar-refractivity contribution < 1.29 is 17.9 Å². The van der Waals surface area contributed by atoms with Gasteiger partial charge in [0.25, 0.3) is 0 Å². The van der Waals surface area contributed by atoms with Gasteiger partial charge in [0.15, 0.2) is 0 Å². The van der Waals surface area contributed by atoms with Gasteiger partial charge in [-0.05, 0) is 31.2 Å². The highest BCUT2D eigenvalue weighted by atomic mass is 32.2. The predicted octanol–water partition coefficient (Wildman–Crippen LogP) is 1.11. The molecule has 0 atom stereocenters. The number of nitrogens with two attached hydrogens (primary N) is 1. The summed E-state index contributed by atoms with van der Waals surface area (Å²) in [6, 6.07) is 2.35. The lowest BCUT2D eigenvalue weighted by Crippen LogP contribution is -2.27. The van der Waals surface area contributed by atoms with Crippen LogP contribution in [0.5, 0.6) is 0 Å². The smallest absolute Gasteiger partial charge is 0.241 e. The Balaban J connectivity index is 2.65. The first kappa shape index (κ1) is 17.2. The lowest BCUT2D eigenvalue weighted by Gasteiger charge is -2.10. The Labute approximate surface area is 122 Å². The summed E-state index contributed by atoms with van der Waals surface area (Å²) in [5.41, 5.74) is 5.60. The third-order valence-corrected chi connectivity index (χ3v) is 5.25. The second kappa shape index (κ2) is 7.82. The minimum atomic E-state index is -3.76. The maximum atomic E-state index is 13.5. The van der Waals surface area contributed by atoms with Crippen molar-refractivity contribution in [3.63, 3.8) is 0 Å². The second-order valence-corrected chi connectivity index (χ2v) is 7.17. The first-order valence-corrected chi connectivity index (χ1v) is 8.76. The Hall–Kier alpha value is -0.830. The summed E-state index contributed by atoms with van der Waals surface area (Å²) < 4.78 is 40.0. The lowest BCUT2D eigenvalue weighted by atomic mass is 10.2. The van der Waals surface area contributed by atoms with Crippen LogP contribution in [0, 0.1) is 12.7 Å². The van der Waals surface area contributed by atoms with E-state index in [9.17, 15) is 12.8 Å². The van der Waals surface area contributed by atoms with Gasteiger partial charge in [-0.1, -0.05) is 0 Å². The fourth-order valence-corrected chi connectivity index (χ4v) is 3.78. The summed E-state index contributed by atoms with van der Waals surface area (Å²) in [5, 5.41) is 8.61. The molecule has 0 spiro atoms. The molecule has 114 valence electrons. The van der Waals surface area contributed by atoms with Crippen LogP contribution in [0.3, 0.4) is 0 Å². The Morgan fingerprint density at radius 1 is 1.40 bits per heavy atom. The van der Waals surface area contributed by atoms with Crippen LogP contribution in [0.4, 0.5) is 10.1 Å². The number of aliphatic hydroxyl groups is 1. The van der Waals surface area contributed by atoms with Crippen LogP contribution in [0.2, 0.25) is 0 Å². The number of anilines is 1. The minimum Gasteiger partial charge on any atom is -0.399 e. The Bertz CT molecular complexity index is 550. The van der Waals surface area contributed by atoms with E-state index >= 15 is 0 Å². The third kappa shape index (κ3) is 4.93. The van der Waals surface area contributed by atoms with E-state index in [0.29, 0.717) is 12.2 Å². The van der Waals surface area contributed by atoms with E-state index in [1.807, 2.05) is 0 Å². The van der Waals surface area contributed by atoms with Crippen LogP contribution < -0.4 is 10.5 Å². The van der Waals surface area contributed by atoms with Crippen LogP contribution in [0.25, 0.3) is 0 Å². The SMILES string of the molecule is Cc1c(F)cc(N)cc1S(=O)(=O)NCCSCCCO. The van der Waals surface area contributed by atoms with Crippen LogP contribution in [0.1, 0.15) is 12.0 Å². The zero-order valence-corrected chi connectivity index (χ0v) is 12.9. The summed E-state index contributed by atoms with van der Waals surface area (Å²) >= 11 is 1.54. The molecule has 1 rings (SSSR count). The van der Waals surface area contributed by atoms with Crippen molar-refractivity contribution in [2.24, 2.45) is 0 Å². The van der Waals surface area contributed by atoms with Crippen molar-refractivity contribution in [2.45, 2.75) is 18.2 Å². The molecular weight excluding hydrogens is 303 g/mol. The monoisotopic (exact) mass is 322 g/mol. The van der Waals surface area contributed by atoms with E-state index < -0.39 is 15.8 Å². The highest BCUT2D eigenvalue weighted by Crippen LogP contribution is 2.21. The molecule has 1 aromatic rings. The molecule has 0 aromatic heterocycles. The van der Waals surface area contributed by atoms with Crippen molar-refractivity contribution >= 4 is 27.5 Å². The van der Waals surface area contributed by atoms with Gasteiger partial charge in [-0.15, -0.1) is 0 Å². The lowest BCUT2D eigenvalue weighted by molar-refractivity contribution is 0.296. The van der Waals surface area contributed by atoms with Crippen molar-refractivity contribution in [1.82, 2.24) is 4.72 Å². The first-order valence-electron chi connectivity index (χ1n) is 6.12. The molecule has 0 saturated carbocycles. The first-order chi connectivity index (χ1) is 9.38. The number of nitrogens with one attached hydrogen (secondary N) is 1. The molecule has 0 bridgehead atoms. The Morgan fingerprint density at radius 3 is 2.75 bits per heavy atom. The van der Waals surface area contributed by atoms with E-state index in [2.05, 4.69) is 4.72 Å². The highest BCUT2D eigenvalue weighted by Gasteiger charge is 2.19. The number of sulfonamides is 1. The van der Waals surface area contributed by atoms with Gasteiger partial charge in [-0.3, -0.25) is 0 Å². The number of hydrogen-bond acceptors (Lipinski definition) is 5. The molecule has 0 aliphatic rings.